The fourth-order valence-electron chi connectivity index (χ4n) is 2.86. The molecule has 0 aliphatic heterocycles. The molecular weight excluding hydrogens is 460 g/mol. The zero-order chi connectivity index (χ0) is 24.7. The lowest BCUT2D eigenvalue weighted by Crippen LogP contribution is -2.10. The lowest BCUT2D eigenvalue weighted by molar-refractivity contribution is -0.139. The fraction of sp³-hybridized carbons (Fsp3) is 0.120. The van der Waals surface area contributed by atoms with E-state index in [1.807, 2.05) is 6.92 Å². The third kappa shape index (κ3) is 6.46. The molecule has 0 saturated heterocycles. The van der Waals surface area contributed by atoms with Gasteiger partial charge in [-0.1, -0.05) is 29.8 Å². The van der Waals surface area contributed by atoms with Gasteiger partial charge in [-0.25, -0.2) is 4.79 Å². The Labute approximate surface area is 197 Å². The Morgan fingerprint density at radius 3 is 2.24 bits per heavy atom. The minimum absolute atomic E-state index is 0.0171. The summed E-state index contributed by atoms with van der Waals surface area (Å²) in [5.74, 6) is -0.841. The number of hydrogen-bond acceptors (Lipinski definition) is 7. The molecule has 0 aliphatic carbocycles. The van der Waals surface area contributed by atoms with Crippen LogP contribution in [0.4, 0.5) is 0 Å². The summed E-state index contributed by atoms with van der Waals surface area (Å²) in [4.78, 5) is 23.0. The highest BCUT2D eigenvalue weighted by Crippen LogP contribution is 2.31. The molecule has 0 aromatic heterocycles. The minimum Gasteiger partial charge on any atom is -0.493 e. The summed E-state index contributed by atoms with van der Waals surface area (Å²) in [6.45, 7) is 1.38. The van der Waals surface area contributed by atoms with Gasteiger partial charge in [0.15, 0.2) is 23.9 Å². The molecule has 0 amide bonds. The Hall–Kier alpha value is -4.11. The summed E-state index contributed by atoms with van der Waals surface area (Å²) in [6, 6.07) is 16.9. The van der Waals surface area contributed by atoms with Crippen molar-refractivity contribution in [3.63, 3.8) is 0 Å². The SMILES string of the molecule is COc1cc(/C=C\C(=O)c2ccc(OCC(=O)O)cc2)ccc1OS(=O)(=O)c1ccc(C)cc1. The molecular formula is C25H22O8S. The first kappa shape index (κ1) is 24.5. The van der Waals surface area contributed by atoms with Crippen molar-refractivity contribution in [2.75, 3.05) is 13.7 Å². The van der Waals surface area contributed by atoms with Crippen molar-refractivity contribution in [2.24, 2.45) is 0 Å². The Morgan fingerprint density at radius 1 is 0.941 bits per heavy atom. The number of rotatable bonds is 10. The lowest BCUT2D eigenvalue weighted by atomic mass is 10.1. The Morgan fingerprint density at radius 2 is 1.62 bits per heavy atom. The van der Waals surface area contributed by atoms with Crippen LogP contribution in [0.2, 0.25) is 0 Å². The maximum Gasteiger partial charge on any atom is 0.341 e. The monoisotopic (exact) mass is 482 g/mol. The van der Waals surface area contributed by atoms with Crippen LogP contribution in [-0.4, -0.2) is 39.0 Å². The minimum atomic E-state index is -4.04. The number of aryl methyl sites for hydroxylation is 1. The summed E-state index contributed by atoms with van der Waals surface area (Å²) in [5.41, 5.74) is 1.89. The van der Waals surface area contributed by atoms with E-state index in [1.54, 1.807) is 30.3 Å². The molecule has 3 rings (SSSR count). The maximum atomic E-state index is 12.6. The Balaban J connectivity index is 1.72. The second-order valence-electron chi connectivity index (χ2n) is 7.17. The summed E-state index contributed by atoms with van der Waals surface area (Å²) < 4.78 is 40.7. The molecule has 0 unspecified atom stereocenters. The smallest absolute Gasteiger partial charge is 0.341 e. The van der Waals surface area contributed by atoms with E-state index in [0.29, 0.717) is 16.9 Å². The van der Waals surface area contributed by atoms with Gasteiger partial charge in [-0.15, -0.1) is 0 Å². The van der Waals surface area contributed by atoms with Crippen molar-refractivity contribution in [2.45, 2.75) is 11.8 Å². The second-order valence-corrected chi connectivity index (χ2v) is 8.71. The number of carbonyl (C=O) groups is 2. The topological polar surface area (TPSA) is 116 Å². The molecule has 9 heteroatoms. The molecule has 0 atom stereocenters. The number of benzene rings is 3. The first-order valence-electron chi connectivity index (χ1n) is 10.0. The van der Waals surface area contributed by atoms with Gasteiger partial charge in [0, 0.05) is 5.56 Å². The highest BCUT2D eigenvalue weighted by molar-refractivity contribution is 7.87. The van der Waals surface area contributed by atoms with Gasteiger partial charge in [0.05, 0.1) is 7.11 Å². The zero-order valence-electron chi connectivity index (χ0n) is 18.4. The number of aliphatic carboxylic acids is 1. The van der Waals surface area contributed by atoms with E-state index in [9.17, 15) is 18.0 Å². The van der Waals surface area contributed by atoms with Gasteiger partial charge < -0.3 is 18.8 Å². The first-order valence-corrected chi connectivity index (χ1v) is 11.4. The number of carboxylic acids is 1. The number of carboxylic acid groups (broad SMARTS) is 1. The largest absolute Gasteiger partial charge is 0.493 e. The fourth-order valence-corrected chi connectivity index (χ4v) is 3.80. The number of ketones is 1. The molecule has 0 aliphatic rings. The van der Waals surface area contributed by atoms with Crippen LogP contribution in [0, 0.1) is 6.92 Å². The van der Waals surface area contributed by atoms with Crippen LogP contribution in [0.3, 0.4) is 0 Å². The molecule has 0 bridgehead atoms. The van der Waals surface area contributed by atoms with Crippen LogP contribution in [0.5, 0.6) is 17.2 Å². The molecule has 0 fully saturated rings. The van der Waals surface area contributed by atoms with Gasteiger partial charge in [0.1, 0.15) is 10.6 Å². The normalized spacial score (nSPS) is 11.2. The molecule has 0 heterocycles. The molecule has 0 radical (unpaired) electrons. The number of methoxy groups -OCH3 is 1. The lowest BCUT2D eigenvalue weighted by Gasteiger charge is -2.11. The van der Waals surface area contributed by atoms with Gasteiger partial charge in [0.25, 0.3) is 0 Å². The molecule has 3 aromatic rings. The van der Waals surface area contributed by atoms with Gasteiger partial charge in [-0.3, -0.25) is 4.79 Å². The van der Waals surface area contributed by atoms with Gasteiger partial charge in [-0.05, 0) is 67.1 Å². The molecule has 176 valence electrons. The van der Waals surface area contributed by atoms with Crippen LogP contribution < -0.4 is 13.7 Å². The van der Waals surface area contributed by atoms with Crippen molar-refractivity contribution in [1.82, 2.24) is 0 Å². The first-order chi connectivity index (χ1) is 16.2. The molecule has 0 spiro atoms. The third-order valence-corrected chi connectivity index (χ3v) is 5.87. The van der Waals surface area contributed by atoms with Crippen LogP contribution in [0.15, 0.2) is 77.7 Å². The maximum absolute atomic E-state index is 12.6. The summed E-state index contributed by atoms with van der Waals surface area (Å²) >= 11 is 0. The van der Waals surface area contributed by atoms with E-state index in [1.165, 1.54) is 55.7 Å². The Bertz CT molecular complexity index is 1310. The molecule has 3 aromatic carbocycles. The molecule has 1 N–H and O–H groups in total. The second kappa shape index (κ2) is 10.7. The van der Waals surface area contributed by atoms with E-state index >= 15 is 0 Å². The zero-order valence-corrected chi connectivity index (χ0v) is 19.2. The van der Waals surface area contributed by atoms with Crippen molar-refractivity contribution in [1.29, 1.82) is 0 Å². The molecule has 34 heavy (non-hydrogen) atoms. The van der Waals surface area contributed by atoms with Crippen LogP contribution in [0.25, 0.3) is 6.08 Å². The van der Waals surface area contributed by atoms with E-state index in [-0.39, 0.29) is 22.2 Å². The average Bonchev–Trinajstić information content (AvgIpc) is 2.82. The van der Waals surface area contributed by atoms with E-state index in [4.69, 9.17) is 18.8 Å². The summed E-state index contributed by atoms with van der Waals surface area (Å²) in [6.07, 6.45) is 2.91. The predicted molar refractivity (Wildman–Crippen MR) is 125 cm³/mol. The quantitative estimate of drug-likeness (QED) is 0.260. The van der Waals surface area contributed by atoms with E-state index in [2.05, 4.69) is 0 Å². The van der Waals surface area contributed by atoms with Crippen molar-refractivity contribution in [3.05, 3.63) is 89.5 Å². The molecule has 0 saturated carbocycles. The Kier molecular flexibility index (Phi) is 7.70. The van der Waals surface area contributed by atoms with Crippen molar-refractivity contribution < 1.29 is 36.8 Å². The van der Waals surface area contributed by atoms with Crippen molar-refractivity contribution in [3.8, 4) is 17.2 Å². The predicted octanol–water partition coefficient (Wildman–Crippen LogP) is 4.13. The summed E-state index contributed by atoms with van der Waals surface area (Å²) in [5, 5.41) is 8.63. The van der Waals surface area contributed by atoms with Crippen LogP contribution in [-0.2, 0) is 14.9 Å². The molecule has 8 nitrogen and oxygen atoms in total. The average molecular weight is 483 g/mol. The van der Waals surface area contributed by atoms with Gasteiger partial charge in [-0.2, -0.15) is 8.42 Å². The summed E-state index contributed by atoms with van der Waals surface area (Å²) in [7, 11) is -2.66. The van der Waals surface area contributed by atoms with Crippen LogP contribution >= 0.6 is 0 Å². The van der Waals surface area contributed by atoms with Crippen LogP contribution in [0.1, 0.15) is 21.5 Å². The number of allylic oxidation sites excluding steroid dienone is 1. The number of hydrogen-bond donors (Lipinski definition) is 1. The van der Waals surface area contributed by atoms with Gasteiger partial charge in [0.2, 0.25) is 0 Å². The van der Waals surface area contributed by atoms with E-state index < -0.39 is 22.7 Å². The van der Waals surface area contributed by atoms with Gasteiger partial charge >= 0.3 is 16.1 Å². The number of ether oxygens (including phenoxy) is 2. The highest BCUT2D eigenvalue weighted by atomic mass is 32.2. The van der Waals surface area contributed by atoms with E-state index in [0.717, 1.165) is 5.56 Å². The standard InChI is InChI=1S/C25H22O8S/c1-17-3-11-21(12-4-17)34(29,30)33-23-14-6-18(15-24(23)31-2)5-13-22(26)19-7-9-20(10-8-19)32-16-25(27)28/h3-15H,16H2,1-2H3,(H,27,28)/b13-5-. The third-order valence-electron chi connectivity index (χ3n) is 4.63. The van der Waals surface area contributed by atoms with Crippen molar-refractivity contribution >= 4 is 27.9 Å². The number of carbonyl (C=O) groups excluding carboxylic acids is 1. The highest BCUT2D eigenvalue weighted by Gasteiger charge is 2.19.